The molecule has 2 rings (SSSR count). The molecule has 0 N–H and O–H groups in total. The van der Waals surface area contributed by atoms with Crippen molar-refractivity contribution in [2.75, 3.05) is 0 Å². The molecule has 1 aliphatic rings. The molecular formula is C15H19. The second kappa shape index (κ2) is 5.16. The van der Waals surface area contributed by atoms with Crippen LogP contribution in [0.15, 0.2) is 24.3 Å². The van der Waals surface area contributed by atoms with Crippen LogP contribution in [-0.2, 0) is 6.42 Å². The molecule has 0 bridgehead atoms. The second-order valence-electron chi connectivity index (χ2n) is 4.30. The van der Waals surface area contributed by atoms with E-state index in [0.29, 0.717) is 0 Å². The first kappa shape index (κ1) is 10.5. The van der Waals surface area contributed by atoms with E-state index in [1.54, 1.807) is 0 Å². The zero-order valence-electron chi connectivity index (χ0n) is 9.50. The van der Waals surface area contributed by atoms with Crippen LogP contribution in [0, 0.1) is 6.42 Å². The van der Waals surface area contributed by atoms with E-state index in [9.17, 15) is 0 Å². The van der Waals surface area contributed by atoms with Crippen molar-refractivity contribution < 1.29 is 0 Å². The normalized spacial score (nSPS) is 13.1. The van der Waals surface area contributed by atoms with Crippen molar-refractivity contribution in [2.45, 2.75) is 39.0 Å². The maximum absolute atomic E-state index is 2.33. The molecule has 0 nitrogen and oxygen atoms in total. The van der Waals surface area contributed by atoms with Crippen LogP contribution >= 0.6 is 0 Å². The quantitative estimate of drug-likeness (QED) is 0.617. The number of hydrogen-bond donors (Lipinski definition) is 0. The molecule has 0 heteroatoms. The van der Waals surface area contributed by atoms with Gasteiger partial charge >= 0.3 is 0 Å². The van der Waals surface area contributed by atoms with Crippen LogP contribution in [0.1, 0.15) is 49.3 Å². The van der Waals surface area contributed by atoms with Crippen molar-refractivity contribution >= 4 is 6.08 Å². The van der Waals surface area contributed by atoms with E-state index in [1.165, 1.54) is 48.8 Å². The first-order valence-electron chi connectivity index (χ1n) is 6.04. The zero-order valence-corrected chi connectivity index (χ0v) is 9.50. The Balaban J connectivity index is 1.89. The standard InChI is InChI=1S/C15H19/c1-2-3-4-5-7-13-10-11-14-8-6-9-15(14)12-13/h6,8-12H,2-5,7H2,1H3. The Labute approximate surface area is 93.0 Å². The Morgan fingerprint density at radius 2 is 1.93 bits per heavy atom. The minimum Gasteiger partial charge on any atom is -0.0755 e. The van der Waals surface area contributed by atoms with Crippen LogP contribution in [0.5, 0.6) is 0 Å². The van der Waals surface area contributed by atoms with E-state index in [0.717, 1.165) is 0 Å². The molecular weight excluding hydrogens is 180 g/mol. The van der Waals surface area contributed by atoms with Crippen LogP contribution in [0.3, 0.4) is 0 Å². The molecule has 0 aliphatic heterocycles. The fourth-order valence-corrected chi connectivity index (χ4v) is 2.09. The lowest BCUT2D eigenvalue weighted by atomic mass is 10.0. The molecule has 0 saturated heterocycles. The molecule has 1 radical (unpaired) electrons. The summed E-state index contributed by atoms with van der Waals surface area (Å²) in [5.41, 5.74) is 4.25. The van der Waals surface area contributed by atoms with Gasteiger partial charge < -0.3 is 0 Å². The Hall–Kier alpha value is -1.04. The maximum Gasteiger partial charge on any atom is 0.0131 e. The van der Waals surface area contributed by atoms with Gasteiger partial charge in [0.25, 0.3) is 0 Å². The SMILES string of the molecule is CCCCCCc1ccc2c(c1)C=C[CH]2. The van der Waals surface area contributed by atoms with Crippen molar-refractivity contribution in [1.29, 1.82) is 0 Å². The number of allylic oxidation sites excluding steroid dienone is 1. The summed E-state index contributed by atoms with van der Waals surface area (Å²) in [6.07, 6.45) is 13.1. The van der Waals surface area contributed by atoms with Gasteiger partial charge in [-0.05, 0) is 29.5 Å². The van der Waals surface area contributed by atoms with E-state index in [-0.39, 0.29) is 0 Å². The summed E-state index contributed by atoms with van der Waals surface area (Å²) >= 11 is 0. The Morgan fingerprint density at radius 3 is 2.80 bits per heavy atom. The summed E-state index contributed by atoms with van der Waals surface area (Å²) in [7, 11) is 0. The van der Waals surface area contributed by atoms with Crippen LogP contribution in [0.25, 0.3) is 6.08 Å². The van der Waals surface area contributed by atoms with E-state index in [4.69, 9.17) is 0 Å². The lowest BCUT2D eigenvalue weighted by Gasteiger charge is -2.04. The van der Waals surface area contributed by atoms with Gasteiger partial charge in [0, 0.05) is 6.42 Å². The first-order chi connectivity index (χ1) is 7.40. The highest BCUT2D eigenvalue weighted by Gasteiger charge is 2.05. The summed E-state index contributed by atoms with van der Waals surface area (Å²) in [6, 6.07) is 6.85. The summed E-state index contributed by atoms with van der Waals surface area (Å²) in [5, 5.41) is 0. The number of hydrogen-bond acceptors (Lipinski definition) is 0. The van der Waals surface area contributed by atoms with E-state index in [1.807, 2.05) is 0 Å². The molecule has 0 aromatic heterocycles. The highest BCUT2D eigenvalue weighted by atomic mass is 14.1. The lowest BCUT2D eigenvalue weighted by molar-refractivity contribution is 0.667. The molecule has 0 atom stereocenters. The summed E-state index contributed by atoms with van der Waals surface area (Å²) < 4.78 is 0. The minimum absolute atomic E-state index is 1.24. The number of unbranched alkanes of at least 4 members (excludes halogenated alkanes) is 3. The number of fused-ring (bicyclic) bond motifs is 1. The Bertz CT molecular complexity index is 347. The average molecular weight is 199 g/mol. The van der Waals surface area contributed by atoms with Crippen LogP contribution in [-0.4, -0.2) is 0 Å². The highest BCUT2D eigenvalue weighted by molar-refractivity contribution is 5.65. The Morgan fingerprint density at radius 1 is 1.00 bits per heavy atom. The lowest BCUT2D eigenvalue weighted by Crippen LogP contribution is -1.88. The van der Waals surface area contributed by atoms with Crippen LogP contribution < -0.4 is 0 Å². The molecule has 0 saturated carbocycles. The molecule has 1 aliphatic carbocycles. The predicted molar refractivity (Wildman–Crippen MR) is 66.7 cm³/mol. The topological polar surface area (TPSA) is 0 Å². The fourth-order valence-electron chi connectivity index (χ4n) is 2.09. The molecule has 1 aromatic rings. The van der Waals surface area contributed by atoms with Crippen LogP contribution in [0.4, 0.5) is 0 Å². The summed E-state index contributed by atoms with van der Waals surface area (Å²) in [4.78, 5) is 0. The summed E-state index contributed by atoms with van der Waals surface area (Å²) in [5.74, 6) is 0. The molecule has 0 amide bonds. The van der Waals surface area contributed by atoms with Crippen molar-refractivity contribution in [3.05, 3.63) is 47.4 Å². The van der Waals surface area contributed by atoms with Gasteiger partial charge in [0.1, 0.15) is 0 Å². The highest BCUT2D eigenvalue weighted by Crippen LogP contribution is 2.22. The first-order valence-corrected chi connectivity index (χ1v) is 6.04. The number of aryl methyl sites for hydroxylation is 1. The van der Waals surface area contributed by atoms with Gasteiger partial charge in [0.05, 0.1) is 0 Å². The van der Waals surface area contributed by atoms with Crippen molar-refractivity contribution in [2.24, 2.45) is 0 Å². The molecule has 79 valence electrons. The van der Waals surface area contributed by atoms with Crippen molar-refractivity contribution in [3.63, 3.8) is 0 Å². The van der Waals surface area contributed by atoms with Crippen LogP contribution in [0.2, 0.25) is 0 Å². The second-order valence-corrected chi connectivity index (χ2v) is 4.30. The van der Waals surface area contributed by atoms with E-state index < -0.39 is 0 Å². The van der Waals surface area contributed by atoms with Gasteiger partial charge in [0.2, 0.25) is 0 Å². The number of benzene rings is 1. The third-order valence-corrected chi connectivity index (χ3v) is 3.02. The van der Waals surface area contributed by atoms with Gasteiger partial charge in [0.15, 0.2) is 0 Å². The average Bonchev–Trinajstić information content (AvgIpc) is 2.71. The summed E-state index contributed by atoms with van der Waals surface area (Å²) in [6.45, 7) is 2.26. The molecule has 1 aromatic carbocycles. The molecule has 0 fully saturated rings. The predicted octanol–water partition coefficient (Wildman–Crippen LogP) is 4.39. The van der Waals surface area contributed by atoms with Gasteiger partial charge in [-0.2, -0.15) is 0 Å². The molecule has 15 heavy (non-hydrogen) atoms. The molecule has 0 spiro atoms. The fraction of sp³-hybridized carbons (Fsp3) is 0.400. The van der Waals surface area contributed by atoms with Crippen molar-refractivity contribution in [1.82, 2.24) is 0 Å². The monoisotopic (exact) mass is 199 g/mol. The third kappa shape index (κ3) is 2.71. The van der Waals surface area contributed by atoms with Gasteiger partial charge in [-0.3, -0.25) is 0 Å². The van der Waals surface area contributed by atoms with E-state index in [2.05, 4.69) is 43.7 Å². The van der Waals surface area contributed by atoms with E-state index >= 15 is 0 Å². The van der Waals surface area contributed by atoms with Gasteiger partial charge in [-0.1, -0.05) is 56.5 Å². The molecule has 0 heterocycles. The van der Waals surface area contributed by atoms with Crippen molar-refractivity contribution in [3.8, 4) is 0 Å². The Kier molecular flexibility index (Phi) is 3.60. The van der Waals surface area contributed by atoms with Gasteiger partial charge in [-0.15, -0.1) is 0 Å². The van der Waals surface area contributed by atoms with Gasteiger partial charge in [-0.25, -0.2) is 0 Å². The zero-order chi connectivity index (χ0) is 10.5. The number of rotatable bonds is 5. The largest absolute Gasteiger partial charge is 0.0755 e. The molecule has 0 unspecified atom stereocenters. The smallest absolute Gasteiger partial charge is 0.0131 e. The maximum atomic E-state index is 2.33. The third-order valence-electron chi connectivity index (χ3n) is 3.02. The minimum atomic E-state index is 1.24.